The summed E-state index contributed by atoms with van der Waals surface area (Å²) >= 11 is 0. The minimum atomic E-state index is -1.20. The molecule has 0 aromatic heterocycles. The topological polar surface area (TPSA) is 245 Å². The predicted molar refractivity (Wildman–Crippen MR) is 220 cm³/mol. The van der Waals surface area contributed by atoms with E-state index >= 15 is 0 Å². The van der Waals surface area contributed by atoms with E-state index < -0.39 is 18.0 Å². The number of rotatable bonds is 39. The number of carboxylic acid groups (broad SMARTS) is 2. The Morgan fingerprint density at radius 1 is 0.542 bits per heavy atom. The maximum Gasteiger partial charge on any atom is 0.326 e. The van der Waals surface area contributed by atoms with Crippen LogP contribution in [0.25, 0.3) is 0 Å². The molecule has 0 aromatic carbocycles. The molecule has 1 rings (SSSR count). The van der Waals surface area contributed by atoms with Gasteiger partial charge in [-0.2, -0.15) is 0 Å². The lowest BCUT2D eigenvalue weighted by atomic mass is 9.81. The number of Topliss-reactive ketones (excluding diaryl/α,β-unsaturated/α-hetero) is 1. The largest absolute Gasteiger partial charge is 0.481 e. The molecule has 59 heavy (non-hydrogen) atoms. The molecule has 17 heteroatoms. The zero-order chi connectivity index (χ0) is 43.4. The number of nitrogens with one attached hydrogen (secondary N) is 4. The summed E-state index contributed by atoms with van der Waals surface area (Å²) in [5.74, 6) is -2.92. The van der Waals surface area contributed by atoms with E-state index in [1.807, 2.05) is 0 Å². The maximum absolute atomic E-state index is 12.9. The molecule has 1 saturated carbocycles. The number of ether oxygens (including phenoxy) is 4. The average molecular weight is 843 g/mol. The first kappa shape index (κ1) is 53.3. The third kappa shape index (κ3) is 32.8. The highest BCUT2D eigenvalue weighted by Crippen LogP contribution is 2.29. The third-order valence-corrected chi connectivity index (χ3v) is 10.0. The van der Waals surface area contributed by atoms with E-state index in [1.165, 1.54) is 45.4 Å². The van der Waals surface area contributed by atoms with E-state index in [0.29, 0.717) is 52.2 Å². The third-order valence-electron chi connectivity index (χ3n) is 10.0. The zero-order valence-corrected chi connectivity index (χ0v) is 35.5. The van der Waals surface area contributed by atoms with E-state index in [2.05, 4.69) is 21.3 Å². The second kappa shape index (κ2) is 36.2. The highest BCUT2D eigenvalue weighted by atomic mass is 16.5. The Morgan fingerprint density at radius 2 is 1.02 bits per heavy atom. The molecular formula is C42H74N4O13. The van der Waals surface area contributed by atoms with Gasteiger partial charge in [0.05, 0.1) is 39.6 Å². The summed E-state index contributed by atoms with van der Waals surface area (Å²) in [6.07, 6.45) is 16.6. The number of hydrogen-bond acceptors (Lipinski definition) is 11. The van der Waals surface area contributed by atoms with Gasteiger partial charge in [-0.25, -0.2) is 4.79 Å². The molecule has 4 amide bonds. The molecule has 0 radical (unpaired) electrons. The van der Waals surface area contributed by atoms with E-state index in [4.69, 9.17) is 24.1 Å². The normalized spacial score (nSPS) is 15.5. The Bertz CT molecular complexity index is 1200. The summed E-state index contributed by atoms with van der Waals surface area (Å²) in [6, 6.07) is -1.18. The van der Waals surface area contributed by atoms with Crippen LogP contribution in [0.1, 0.15) is 135 Å². The van der Waals surface area contributed by atoms with Crippen molar-refractivity contribution in [3.63, 3.8) is 0 Å². The summed E-state index contributed by atoms with van der Waals surface area (Å²) in [7, 11) is 0. The maximum atomic E-state index is 12.9. The SMILES string of the molecule is CC(=O)COCCOCCNC(=O)COCCOCCNC(=O)CC[C@H](NC(=O)C1CCC(CNC(=O)CCCCCCCCCCCCCCC(=O)O)CC1)C(=O)O. The van der Waals surface area contributed by atoms with Gasteiger partial charge in [0, 0.05) is 44.8 Å². The number of aliphatic carboxylic acids is 2. The monoisotopic (exact) mass is 843 g/mol. The van der Waals surface area contributed by atoms with Gasteiger partial charge in [0.2, 0.25) is 23.6 Å². The molecule has 17 nitrogen and oxygen atoms in total. The van der Waals surface area contributed by atoms with Crippen LogP contribution in [0.15, 0.2) is 0 Å². The van der Waals surface area contributed by atoms with Crippen LogP contribution >= 0.6 is 0 Å². The smallest absolute Gasteiger partial charge is 0.326 e. The van der Waals surface area contributed by atoms with Gasteiger partial charge in [0.25, 0.3) is 0 Å². The fraction of sp³-hybridized carbons (Fsp3) is 0.833. The fourth-order valence-electron chi connectivity index (χ4n) is 6.61. The number of unbranched alkanes of at least 4 members (excludes halogenated alkanes) is 11. The number of carbonyl (C=O) groups is 7. The lowest BCUT2D eigenvalue weighted by molar-refractivity contribution is -0.143. The van der Waals surface area contributed by atoms with Crippen LogP contribution < -0.4 is 21.3 Å². The first-order chi connectivity index (χ1) is 28.5. The molecule has 0 aromatic rings. The van der Waals surface area contributed by atoms with Crippen molar-refractivity contribution in [1.29, 1.82) is 0 Å². The molecule has 0 spiro atoms. The van der Waals surface area contributed by atoms with Crippen LogP contribution in [0, 0.1) is 11.8 Å². The zero-order valence-electron chi connectivity index (χ0n) is 35.5. The highest BCUT2D eigenvalue weighted by Gasteiger charge is 2.29. The average Bonchev–Trinajstić information content (AvgIpc) is 3.20. The Labute approximate surface area is 350 Å². The summed E-state index contributed by atoms with van der Waals surface area (Å²) in [6.45, 7) is 3.94. The van der Waals surface area contributed by atoms with Crippen molar-refractivity contribution < 1.29 is 62.7 Å². The minimum absolute atomic E-state index is 0.0490. The first-order valence-corrected chi connectivity index (χ1v) is 21.8. The molecule has 1 fully saturated rings. The van der Waals surface area contributed by atoms with Crippen LogP contribution in [0.4, 0.5) is 0 Å². The van der Waals surface area contributed by atoms with Crippen molar-refractivity contribution in [2.45, 2.75) is 141 Å². The van der Waals surface area contributed by atoms with Gasteiger partial charge in [-0.05, 0) is 57.8 Å². The van der Waals surface area contributed by atoms with Gasteiger partial charge < -0.3 is 50.4 Å². The molecule has 0 unspecified atom stereocenters. The van der Waals surface area contributed by atoms with E-state index in [1.54, 1.807) is 0 Å². The van der Waals surface area contributed by atoms with Crippen molar-refractivity contribution in [2.75, 3.05) is 72.5 Å². The standard InChI is InChI=1S/C42H74N4O13/c1-33(47)31-58-28-26-57-25-23-44-39(50)32-59-29-27-56-24-22-43-38(49)21-20-36(42(54)55)46-41(53)35-18-16-34(17-19-35)30-45-37(48)14-12-10-8-6-4-2-3-5-7-9-11-13-15-40(51)52/h34-36H,2-32H2,1H3,(H,43,49)(H,44,50)(H,45,48)(H,46,53)(H,51,52)(H,54,55)/t34?,35?,36-/m0/s1. The van der Waals surface area contributed by atoms with Crippen LogP contribution in [0.5, 0.6) is 0 Å². The Hall–Kier alpha value is -3.67. The summed E-state index contributed by atoms with van der Waals surface area (Å²) in [5.41, 5.74) is 0. The van der Waals surface area contributed by atoms with E-state index in [0.717, 1.165) is 51.4 Å². The predicted octanol–water partition coefficient (Wildman–Crippen LogP) is 3.69. The van der Waals surface area contributed by atoms with Gasteiger partial charge in [-0.3, -0.25) is 28.8 Å². The van der Waals surface area contributed by atoms with Crippen molar-refractivity contribution in [1.82, 2.24) is 21.3 Å². The molecule has 1 aliphatic rings. The molecule has 1 aliphatic carbocycles. The molecule has 0 saturated heterocycles. The molecule has 0 aliphatic heterocycles. The minimum Gasteiger partial charge on any atom is -0.481 e. The molecular weight excluding hydrogens is 768 g/mol. The van der Waals surface area contributed by atoms with Crippen molar-refractivity contribution in [3.8, 4) is 0 Å². The first-order valence-electron chi connectivity index (χ1n) is 21.8. The van der Waals surface area contributed by atoms with Crippen LogP contribution in [0.2, 0.25) is 0 Å². The lowest BCUT2D eigenvalue weighted by Gasteiger charge is -2.28. The van der Waals surface area contributed by atoms with Crippen LogP contribution in [0.3, 0.4) is 0 Å². The fourth-order valence-corrected chi connectivity index (χ4v) is 6.61. The lowest BCUT2D eigenvalue weighted by Crippen LogP contribution is -2.45. The Balaban J connectivity index is 2.03. The molecule has 340 valence electrons. The molecule has 0 heterocycles. The van der Waals surface area contributed by atoms with Crippen LogP contribution in [-0.4, -0.2) is 130 Å². The number of hydrogen-bond donors (Lipinski definition) is 6. The number of ketones is 1. The van der Waals surface area contributed by atoms with E-state index in [-0.39, 0.29) is 100 Å². The number of carbonyl (C=O) groups excluding carboxylic acids is 5. The second-order valence-electron chi connectivity index (χ2n) is 15.3. The van der Waals surface area contributed by atoms with Gasteiger partial charge in [-0.15, -0.1) is 0 Å². The van der Waals surface area contributed by atoms with Gasteiger partial charge in [0.15, 0.2) is 5.78 Å². The second-order valence-corrected chi connectivity index (χ2v) is 15.3. The number of carboxylic acids is 2. The van der Waals surface area contributed by atoms with Crippen molar-refractivity contribution in [3.05, 3.63) is 0 Å². The van der Waals surface area contributed by atoms with Gasteiger partial charge in [0.1, 0.15) is 19.3 Å². The summed E-state index contributed by atoms with van der Waals surface area (Å²) in [5, 5.41) is 29.3. The molecule has 6 N–H and O–H groups in total. The van der Waals surface area contributed by atoms with Crippen molar-refractivity contribution in [2.24, 2.45) is 11.8 Å². The summed E-state index contributed by atoms with van der Waals surface area (Å²) < 4.78 is 21.0. The van der Waals surface area contributed by atoms with Crippen molar-refractivity contribution >= 4 is 41.4 Å². The van der Waals surface area contributed by atoms with Gasteiger partial charge in [-0.1, -0.05) is 64.2 Å². The Kier molecular flexibility index (Phi) is 32.7. The van der Waals surface area contributed by atoms with E-state index in [9.17, 15) is 38.7 Å². The van der Waals surface area contributed by atoms with Crippen LogP contribution in [-0.2, 0) is 52.5 Å². The van der Waals surface area contributed by atoms with Gasteiger partial charge >= 0.3 is 11.9 Å². The summed E-state index contributed by atoms with van der Waals surface area (Å²) in [4.78, 5) is 82.5. The Morgan fingerprint density at radius 3 is 1.54 bits per heavy atom. The molecule has 0 bridgehead atoms. The number of amides is 4. The highest BCUT2D eigenvalue weighted by molar-refractivity contribution is 5.85. The molecule has 1 atom stereocenters. The quantitative estimate of drug-likeness (QED) is 0.0485.